The monoisotopic (exact) mass is 238 g/mol. The lowest BCUT2D eigenvalue weighted by Gasteiger charge is -2.16. The van der Waals surface area contributed by atoms with Crippen LogP contribution in [0.2, 0.25) is 0 Å². The molecule has 1 fully saturated rings. The van der Waals surface area contributed by atoms with Gasteiger partial charge in [-0.15, -0.1) is 11.6 Å². The summed E-state index contributed by atoms with van der Waals surface area (Å²) in [7, 11) is 0. The van der Waals surface area contributed by atoms with Crippen molar-refractivity contribution in [2.45, 2.75) is 43.6 Å². The van der Waals surface area contributed by atoms with Crippen molar-refractivity contribution in [2.24, 2.45) is 0 Å². The average molecular weight is 239 g/mol. The summed E-state index contributed by atoms with van der Waals surface area (Å²) in [5, 5.41) is 0.309. The van der Waals surface area contributed by atoms with Crippen LogP contribution in [-0.4, -0.2) is 18.1 Å². The smallest absolute Gasteiger partial charge is 0.0592 e. The molecule has 0 spiro atoms. The predicted molar refractivity (Wildman–Crippen MR) is 68.0 cm³/mol. The first-order chi connectivity index (χ1) is 7.84. The van der Waals surface area contributed by atoms with Gasteiger partial charge in [-0.3, -0.25) is 0 Å². The minimum atomic E-state index is 0.309. The van der Waals surface area contributed by atoms with Crippen molar-refractivity contribution in [1.29, 1.82) is 0 Å². The maximum absolute atomic E-state index is 6.22. The molecule has 88 valence electrons. The highest BCUT2D eigenvalue weighted by Crippen LogP contribution is 2.22. The maximum atomic E-state index is 6.22. The molecule has 0 saturated carbocycles. The average Bonchev–Trinajstić information content (AvgIpc) is 2.52. The number of alkyl halides is 1. The van der Waals surface area contributed by atoms with Gasteiger partial charge in [0.25, 0.3) is 0 Å². The lowest BCUT2D eigenvalue weighted by atomic mass is 10.0. The van der Waals surface area contributed by atoms with E-state index in [0.29, 0.717) is 11.5 Å². The maximum Gasteiger partial charge on any atom is 0.0592 e. The van der Waals surface area contributed by atoms with E-state index in [4.69, 9.17) is 16.3 Å². The molecule has 16 heavy (non-hydrogen) atoms. The van der Waals surface area contributed by atoms with Gasteiger partial charge in [0, 0.05) is 12.0 Å². The SMILES string of the molecule is Cl[C@H]1CCCOC(CCc2ccccc2)C1. The van der Waals surface area contributed by atoms with E-state index < -0.39 is 0 Å². The Morgan fingerprint density at radius 2 is 2.06 bits per heavy atom. The van der Waals surface area contributed by atoms with Gasteiger partial charge in [0.2, 0.25) is 0 Å². The number of ether oxygens (including phenoxy) is 1. The van der Waals surface area contributed by atoms with Gasteiger partial charge in [0.05, 0.1) is 6.10 Å². The highest BCUT2D eigenvalue weighted by molar-refractivity contribution is 6.20. The molecule has 0 aromatic heterocycles. The first kappa shape index (κ1) is 11.9. The van der Waals surface area contributed by atoms with Crippen molar-refractivity contribution in [3.05, 3.63) is 35.9 Å². The Bertz CT molecular complexity index is 299. The minimum Gasteiger partial charge on any atom is -0.378 e. The van der Waals surface area contributed by atoms with E-state index in [1.165, 1.54) is 5.56 Å². The summed E-state index contributed by atoms with van der Waals surface area (Å²) < 4.78 is 5.81. The van der Waals surface area contributed by atoms with E-state index in [1.807, 2.05) is 0 Å². The Hall–Kier alpha value is -0.530. The second kappa shape index (κ2) is 6.27. The summed E-state index contributed by atoms with van der Waals surface area (Å²) in [6.45, 7) is 0.878. The summed E-state index contributed by atoms with van der Waals surface area (Å²) >= 11 is 6.22. The zero-order valence-corrected chi connectivity index (χ0v) is 10.3. The fraction of sp³-hybridized carbons (Fsp3) is 0.571. The Balaban J connectivity index is 1.80. The van der Waals surface area contributed by atoms with Gasteiger partial charge in [0.15, 0.2) is 0 Å². The summed E-state index contributed by atoms with van der Waals surface area (Å²) in [6, 6.07) is 10.6. The molecule has 1 aromatic carbocycles. The highest BCUT2D eigenvalue weighted by Gasteiger charge is 2.18. The molecular formula is C14H19ClO. The first-order valence-electron chi connectivity index (χ1n) is 6.14. The van der Waals surface area contributed by atoms with E-state index in [1.54, 1.807) is 0 Å². The molecule has 2 heteroatoms. The van der Waals surface area contributed by atoms with Crippen LogP contribution in [0.1, 0.15) is 31.2 Å². The van der Waals surface area contributed by atoms with Gasteiger partial charge in [-0.1, -0.05) is 30.3 Å². The van der Waals surface area contributed by atoms with Crippen molar-refractivity contribution in [1.82, 2.24) is 0 Å². The molecule has 0 aliphatic carbocycles. The van der Waals surface area contributed by atoms with Gasteiger partial charge in [-0.25, -0.2) is 0 Å². The highest BCUT2D eigenvalue weighted by atomic mass is 35.5. The zero-order valence-electron chi connectivity index (χ0n) is 9.57. The van der Waals surface area contributed by atoms with E-state index >= 15 is 0 Å². The van der Waals surface area contributed by atoms with Crippen molar-refractivity contribution >= 4 is 11.6 Å². The number of hydrogen-bond acceptors (Lipinski definition) is 1. The quantitative estimate of drug-likeness (QED) is 0.728. The van der Waals surface area contributed by atoms with Crippen molar-refractivity contribution in [2.75, 3.05) is 6.61 Å². The molecule has 2 rings (SSSR count). The third kappa shape index (κ3) is 3.80. The number of aryl methyl sites for hydroxylation is 1. The standard InChI is InChI=1S/C14H19ClO/c15-13-7-4-10-16-14(11-13)9-8-12-5-2-1-3-6-12/h1-3,5-6,13-14H,4,7-11H2/t13-,14?/m0/s1. The first-order valence-corrected chi connectivity index (χ1v) is 6.58. The predicted octanol–water partition coefficient (Wildman–Crippen LogP) is 3.80. The normalized spacial score (nSPS) is 26.3. The summed E-state index contributed by atoms with van der Waals surface area (Å²) in [4.78, 5) is 0. The van der Waals surface area contributed by atoms with Crippen LogP contribution in [0, 0.1) is 0 Å². The molecule has 1 heterocycles. The van der Waals surface area contributed by atoms with Crippen LogP contribution in [0.3, 0.4) is 0 Å². The zero-order chi connectivity index (χ0) is 11.2. The molecule has 0 N–H and O–H groups in total. The molecule has 1 aliphatic heterocycles. The van der Waals surface area contributed by atoms with E-state index in [-0.39, 0.29) is 0 Å². The van der Waals surface area contributed by atoms with E-state index in [9.17, 15) is 0 Å². The topological polar surface area (TPSA) is 9.23 Å². The Morgan fingerprint density at radius 3 is 2.88 bits per heavy atom. The molecule has 2 atom stereocenters. The van der Waals surface area contributed by atoms with Crippen LogP contribution in [0.4, 0.5) is 0 Å². The van der Waals surface area contributed by atoms with Crippen molar-refractivity contribution < 1.29 is 4.74 Å². The second-order valence-electron chi connectivity index (χ2n) is 4.49. The van der Waals surface area contributed by atoms with Crippen LogP contribution in [0.25, 0.3) is 0 Å². The summed E-state index contributed by atoms with van der Waals surface area (Å²) in [5.74, 6) is 0. The third-order valence-electron chi connectivity index (χ3n) is 3.13. The minimum absolute atomic E-state index is 0.309. The number of benzene rings is 1. The van der Waals surface area contributed by atoms with Gasteiger partial charge < -0.3 is 4.74 Å². The van der Waals surface area contributed by atoms with Gasteiger partial charge >= 0.3 is 0 Å². The van der Waals surface area contributed by atoms with Crippen LogP contribution >= 0.6 is 11.6 Å². The molecule has 0 radical (unpaired) electrons. The molecule has 0 bridgehead atoms. The largest absolute Gasteiger partial charge is 0.378 e. The lowest BCUT2D eigenvalue weighted by Crippen LogP contribution is -2.15. The molecule has 1 unspecified atom stereocenters. The van der Waals surface area contributed by atoms with Crippen molar-refractivity contribution in [3.8, 4) is 0 Å². The van der Waals surface area contributed by atoms with E-state index in [0.717, 1.165) is 38.7 Å². The van der Waals surface area contributed by atoms with E-state index in [2.05, 4.69) is 30.3 Å². The number of rotatable bonds is 3. The summed E-state index contributed by atoms with van der Waals surface area (Å²) in [5.41, 5.74) is 1.39. The Morgan fingerprint density at radius 1 is 1.25 bits per heavy atom. The van der Waals surface area contributed by atoms with Crippen LogP contribution < -0.4 is 0 Å². The van der Waals surface area contributed by atoms with Crippen molar-refractivity contribution in [3.63, 3.8) is 0 Å². The van der Waals surface area contributed by atoms with Crippen LogP contribution in [0.5, 0.6) is 0 Å². The number of hydrogen-bond donors (Lipinski definition) is 0. The van der Waals surface area contributed by atoms with Crippen LogP contribution in [-0.2, 0) is 11.2 Å². The summed E-state index contributed by atoms with van der Waals surface area (Å²) in [6.07, 6.45) is 5.75. The molecule has 0 amide bonds. The molecule has 1 nitrogen and oxygen atoms in total. The Kier molecular flexibility index (Phi) is 4.68. The molecule has 1 aliphatic rings. The van der Waals surface area contributed by atoms with Crippen LogP contribution in [0.15, 0.2) is 30.3 Å². The van der Waals surface area contributed by atoms with Gasteiger partial charge in [0.1, 0.15) is 0 Å². The Labute approximate surface area is 103 Å². The molecule has 1 saturated heterocycles. The third-order valence-corrected chi connectivity index (χ3v) is 3.53. The molecular weight excluding hydrogens is 220 g/mol. The lowest BCUT2D eigenvalue weighted by molar-refractivity contribution is 0.0534. The van der Waals surface area contributed by atoms with Gasteiger partial charge in [-0.2, -0.15) is 0 Å². The fourth-order valence-electron chi connectivity index (χ4n) is 2.20. The second-order valence-corrected chi connectivity index (χ2v) is 5.11. The fourth-order valence-corrected chi connectivity index (χ4v) is 2.55. The number of halogens is 1. The molecule has 1 aromatic rings. The van der Waals surface area contributed by atoms with Gasteiger partial charge in [-0.05, 0) is 37.7 Å².